The van der Waals surface area contributed by atoms with E-state index < -0.39 is 24.5 Å². The van der Waals surface area contributed by atoms with Crippen LogP contribution in [0.3, 0.4) is 0 Å². The third kappa shape index (κ3) is 38.9. The molecule has 21 heteroatoms. The summed E-state index contributed by atoms with van der Waals surface area (Å²) in [6, 6.07) is 38.7. The van der Waals surface area contributed by atoms with E-state index in [2.05, 4.69) is 67.2 Å². The van der Waals surface area contributed by atoms with Crippen LogP contribution in [0, 0.1) is 38.7 Å². The predicted molar refractivity (Wildman–Crippen MR) is 387 cm³/mol. The van der Waals surface area contributed by atoms with E-state index in [4.69, 9.17) is 33.9 Å². The fraction of sp³-hybridized carbons (Fsp3) is 0.380. The van der Waals surface area contributed by atoms with Gasteiger partial charge in [-0.2, -0.15) is 5.26 Å². The van der Waals surface area contributed by atoms with E-state index >= 15 is 0 Å². The maximum atomic E-state index is 12.2. The number of aryl methyl sites for hydroxylation is 6. The van der Waals surface area contributed by atoms with Gasteiger partial charge in [0.05, 0.1) is 12.4 Å². The fourth-order valence-corrected chi connectivity index (χ4v) is 11.4. The summed E-state index contributed by atoms with van der Waals surface area (Å²) in [5.41, 5.74) is 15.8. The van der Waals surface area contributed by atoms with Crippen molar-refractivity contribution < 1.29 is 33.5 Å². The number of amides is 2. The number of benzene rings is 3. The second-order valence-electron chi connectivity index (χ2n) is 20.1. The number of hydrogen-bond acceptors (Lipinski definition) is 12. The third-order valence-corrected chi connectivity index (χ3v) is 15.8. The van der Waals surface area contributed by atoms with Gasteiger partial charge in [-0.3, -0.25) is 33.6 Å². The lowest BCUT2D eigenvalue weighted by Gasteiger charge is -2.28. The summed E-state index contributed by atoms with van der Waals surface area (Å²) in [4.78, 5) is 107. The van der Waals surface area contributed by atoms with E-state index in [1.54, 1.807) is 40.7 Å². The molecule has 0 bridgehead atoms. The number of ether oxygens (including phenoxy) is 1. The van der Waals surface area contributed by atoms with Crippen molar-refractivity contribution >= 4 is 88.2 Å². The second-order valence-corrected chi connectivity index (χ2v) is 23.6. The third-order valence-electron chi connectivity index (χ3n) is 11.3. The Labute approximate surface area is 558 Å². The molecule has 2 amide bonds. The van der Waals surface area contributed by atoms with Crippen LogP contribution in [0.4, 0.5) is 4.79 Å². The number of Topliss-reactive ketones (excluding diaryl/α,β-unsaturated/α-hetero) is 2. The summed E-state index contributed by atoms with van der Waals surface area (Å²) in [6.45, 7) is 29.6. The molecule has 0 unspecified atom stereocenters. The van der Waals surface area contributed by atoms with Crippen LogP contribution in [-0.2, 0) is 61.1 Å². The van der Waals surface area contributed by atoms with Crippen molar-refractivity contribution in [3.8, 4) is 6.07 Å². The highest BCUT2D eigenvalue weighted by Gasteiger charge is 2.25. The Morgan fingerprint density at radius 1 is 0.674 bits per heavy atom. The van der Waals surface area contributed by atoms with Gasteiger partial charge in [-0.05, 0) is 158 Å². The highest BCUT2D eigenvalue weighted by atomic mass is 35.5. The molecule has 0 aliphatic rings. The Kier molecular flexibility index (Phi) is 54.7. The number of halogens is 2. The van der Waals surface area contributed by atoms with Gasteiger partial charge in [0.1, 0.15) is 29.3 Å². The number of H-pyrrole nitrogens is 3. The van der Waals surface area contributed by atoms with Crippen LogP contribution >= 0.6 is 30.9 Å². The molecule has 6 aromatic rings. The van der Waals surface area contributed by atoms with Gasteiger partial charge >= 0.3 is 6.09 Å². The largest absolute Gasteiger partial charge is 0.444 e. The predicted octanol–water partition coefficient (Wildman–Crippen LogP) is 12.1. The lowest BCUT2D eigenvalue weighted by molar-refractivity contribution is -0.116. The first-order valence-electron chi connectivity index (χ1n) is 28.5. The highest BCUT2D eigenvalue weighted by molar-refractivity contribution is 7.95. The summed E-state index contributed by atoms with van der Waals surface area (Å²) in [5.74, 6) is 1.76. The number of hydrogen-bond donors (Lipinski definition) is 6. The number of alkyl carbamates (subject to hydrolysis) is 1. The van der Waals surface area contributed by atoms with Crippen molar-refractivity contribution in [1.82, 2.24) is 20.3 Å². The first-order chi connectivity index (χ1) is 41.6. The van der Waals surface area contributed by atoms with E-state index in [9.17, 15) is 43.2 Å². The molecule has 506 valence electrons. The van der Waals surface area contributed by atoms with Crippen LogP contribution in [-0.4, -0.2) is 74.4 Å². The zero-order chi connectivity index (χ0) is 67.4. The summed E-state index contributed by atoms with van der Waals surface area (Å²) in [5, 5.41) is 14.9. The van der Waals surface area contributed by atoms with E-state index in [-0.39, 0.29) is 93.2 Å². The van der Waals surface area contributed by atoms with Crippen molar-refractivity contribution in [2.24, 2.45) is 11.5 Å². The second kappa shape index (κ2) is 53.2. The molecular formula is C71H103Cl2N8O10P. The number of aromatic amines is 3. The lowest BCUT2D eigenvalue weighted by atomic mass is 10.1. The molecule has 0 spiro atoms. The number of carbonyl (C=O) groups excluding carboxylic acids is 6. The van der Waals surface area contributed by atoms with Gasteiger partial charge in [-0.15, -0.1) is 24.0 Å². The molecule has 3 heterocycles. The van der Waals surface area contributed by atoms with Crippen molar-refractivity contribution in [1.29, 1.82) is 5.26 Å². The molecule has 92 heavy (non-hydrogen) atoms. The van der Waals surface area contributed by atoms with Crippen LogP contribution < -0.4 is 49.4 Å². The highest BCUT2D eigenvalue weighted by Crippen LogP contribution is 2.43. The fourth-order valence-electron chi connectivity index (χ4n) is 7.55. The number of carbonyl (C=O) groups is 6. The molecular weight excluding hydrogens is 1230 g/mol. The monoisotopic (exact) mass is 1330 g/mol. The van der Waals surface area contributed by atoms with Crippen molar-refractivity contribution in [3.05, 3.63) is 214 Å². The molecule has 0 atom stereocenters. The zero-order valence-electron chi connectivity index (χ0n) is 53.9. The molecule has 0 saturated heterocycles. The minimum atomic E-state index is -2.08. The Morgan fingerprint density at radius 2 is 1.04 bits per heavy atom. The number of rotatable bonds is 15. The average Bonchev–Trinajstić information content (AvgIpc) is 0.788. The number of primary amides is 1. The minimum absolute atomic E-state index is 0. The SMILES string of the molecule is C.C.C.CC(=O)C=P(c1ccccc1)(c1ccccc1)c1ccccc1.CC(=O)CCl.CC/C=C/C(C)=O.CCC=O.CCc1cc(C)[nH]c(=O)c1C#N.CCc1cc(C)[nH]c(=O)c1CN.CCc1cc(C)[nH]c(=O)c1CNC(=O)OC(C)(C)C.Cl.[C-]#[N+]CC(N)=O. The number of nitriles is 1. The molecule has 8 N–H and O–H groups in total. The van der Waals surface area contributed by atoms with Gasteiger partial charge in [-0.25, -0.2) is 11.4 Å². The number of alkyl halides is 1. The summed E-state index contributed by atoms with van der Waals surface area (Å²) in [6.07, 6.45) is 7.69. The van der Waals surface area contributed by atoms with E-state index in [0.717, 1.165) is 59.3 Å². The number of nitrogens with one attached hydrogen (secondary N) is 4. The minimum Gasteiger partial charge on any atom is -0.444 e. The Bertz CT molecular complexity index is 3390. The van der Waals surface area contributed by atoms with Gasteiger partial charge in [0.2, 0.25) is 0 Å². The Morgan fingerprint density at radius 3 is 1.32 bits per heavy atom. The average molecular weight is 1330 g/mol. The molecule has 0 fully saturated rings. The van der Waals surface area contributed by atoms with Crippen LogP contribution in [0.15, 0.2) is 136 Å². The quantitative estimate of drug-likeness (QED) is 0.0184. The topological polar surface area (TPSA) is 302 Å². The maximum absolute atomic E-state index is 12.2. The Balaban J connectivity index is -0.000000243. The number of allylic oxidation sites excluding steroid dienone is 2. The van der Waals surface area contributed by atoms with Gasteiger partial charge in [0.15, 0.2) is 11.6 Å². The van der Waals surface area contributed by atoms with Gasteiger partial charge in [0, 0.05) is 41.2 Å². The van der Waals surface area contributed by atoms with Crippen LogP contribution in [0.1, 0.15) is 162 Å². The zero-order valence-corrected chi connectivity index (χ0v) is 56.4. The maximum Gasteiger partial charge on any atom is 0.407 e. The van der Waals surface area contributed by atoms with Crippen molar-refractivity contribution in [3.63, 3.8) is 0 Å². The van der Waals surface area contributed by atoms with Crippen LogP contribution in [0.2, 0.25) is 0 Å². The number of nitrogens with two attached hydrogens (primary N) is 2. The van der Waals surface area contributed by atoms with Crippen molar-refractivity contribution in [2.45, 2.75) is 170 Å². The summed E-state index contributed by atoms with van der Waals surface area (Å²) >= 11 is 4.99. The van der Waals surface area contributed by atoms with Crippen molar-refractivity contribution in [2.75, 3.05) is 12.4 Å². The normalized spacial score (nSPS) is 9.50. The standard InChI is InChI=1S/C21H19OP.C14H22N2O3.C9H14N2O.C9H10N2O.C6H10O.C3H5ClO.C3H4N2O.C3H6O.3CH4.ClH/c1-18(22)17-23(19-11-5-2-6-12-19,20-13-7-3-8-14-20)21-15-9-4-10-16-21;1-6-10-7-9(2)16-12(17)11(10)8-15-13(18)19-14(3,4)5;2*1-3-7-4-6(2)11-9(12)8(7)5-10;1-3-4-5-6(2)7;1-3(5)2-4;1-5-2-3(4)6;1-2-3-4;;;;/h2-17H,1H3;7H,6,8H2,1-5H3,(H,15,18)(H,16,17);4H,3,5,10H2,1-2H3,(H,11,12);4H,3H2,1-2H3,(H,11,12);4-5H,3H2,1-2H3;2H2,1H3;2H2,(H2,4,6);3H,2H2,1H3;3*1H4;1H/b;;;;5-4+;;;;;;;. The van der Waals surface area contributed by atoms with E-state index in [0.29, 0.717) is 30.5 Å². The number of ketones is 3. The molecule has 18 nitrogen and oxygen atoms in total. The Hall–Kier alpha value is -8.51. The summed E-state index contributed by atoms with van der Waals surface area (Å²) in [7, 11) is 0. The number of pyridine rings is 3. The van der Waals surface area contributed by atoms with Gasteiger partial charge < -0.3 is 46.1 Å². The summed E-state index contributed by atoms with van der Waals surface area (Å²) < 4.78 is 5.13. The molecule has 3 aromatic heterocycles. The number of nitrogens with zero attached hydrogens (tertiary/aromatic N) is 2. The molecule has 0 saturated carbocycles. The van der Waals surface area contributed by atoms with Gasteiger partial charge in [0.25, 0.3) is 29.1 Å². The molecule has 0 radical (unpaired) electrons. The lowest BCUT2D eigenvalue weighted by Crippen LogP contribution is -2.34. The van der Waals surface area contributed by atoms with E-state index in [1.165, 1.54) is 22.8 Å². The van der Waals surface area contributed by atoms with Crippen LogP contribution in [0.5, 0.6) is 0 Å². The number of aromatic nitrogens is 3. The van der Waals surface area contributed by atoms with Crippen LogP contribution in [0.25, 0.3) is 4.85 Å². The first-order valence-corrected chi connectivity index (χ1v) is 30.9. The first kappa shape index (κ1) is 94.6. The molecule has 3 aromatic carbocycles. The molecule has 0 aliphatic carbocycles. The number of aldehydes is 1. The molecule has 6 rings (SSSR count). The smallest absolute Gasteiger partial charge is 0.407 e. The molecule has 0 aliphatic heterocycles. The van der Waals surface area contributed by atoms with E-state index in [1.807, 2.05) is 146 Å². The van der Waals surface area contributed by atoms with Gasteiger partial charge in [-0.1, -0.05) is 154 Å².